The van der Waals surface area contributed by atoms with Gasteiger partial charge in [-0.1, -0.05) is 0 Å². The molecule has 0 saturated carbocycles. The van der Waals surface area contributed by atoms with Gasteiger partial charge in [-0.05, 0) is 0 Å². The maximum Gasteiger partial charge on any atom is 0.0287 e. The maximum atomic E-state index is 5.22. The molecule has 0 aliphatic heterocycles. The third-order valence-corrected chi connectivity index (χ3v) is 1.21. The Hall–Kier alpha value is 2.46. The number of nitrogens with two attached hydrogens (primary N) is 6. The topological polar surface area (TPSA) is 156 Å². The third-order valence-electron chi connectivity index (χ3n) is 1.21. The van der Waals surface area contributed by atoms with E-state index < -0.39 is 0 Å². The summed E-state index contributed by atoms with van der Waals surface area (Å²) in [7, 11) is 0. The summed E-state index contributed by atoms with van der Waals surface area (Å²) in [4.78, 5) is 0. The fraction of sp³-hybridized carbons (Fsp3) is 1.00. The van der Waals surface area contributed by atoms with Crippen molar-refractivity contribution in [2.24, 2.45) is 34.4 Å². The zero-order valence-electron chi connectivity index (χ0n) is 9.01. The third kappa shape index (κ3) is 36.0. The van der Waals surface area contributed by atoms with Crippen LogP contribution in [0.4, 0.5) is 0 Å². The molecule has 16 heavy (non-hydrogen) atoms. The summed E-state index contributed by atoms with van der Waals surface area (Å²) in [5.74, 6) is 0. The number of halogens is 3. The molecule has 0 bridgehead atoms. The first kappa shape index (κ1) is 36.2. The zero-order valence-corrected chi connectivity index (χ0v) is 17.0. The van der Waals surface area contributed by atoms with Gasteiger partial charge in [-0.3, -0.25) is 0 Å². The average Bonchev–Trinajstić information content (AvgIpc) is 2.16. The monoisotopic (exact) mass is 621 g/mol. The van der Waals surface area contributed by atoms with E-state index in [0.717, 1.165) is 0 Å². The van der Waals surface area contributed by atoms with Gasteiger partial charge in [0.2, 0.25) is 0 Å². The molecule has 0 aromatic rings. The van der Waals surface area contributed by atoms with Crippen molar-refractivity contribution in [3.8, 4) is 0 Å². The largest absolute Gasteiger partial charge is 0.329 e. The molecule has 1 radical (unpaired) electrons. The van der Waals surface area contributed by atoms with Gasteiger partial charge in [-0.15, -0.1) is 71.9 Å². The quantitative estimate of drug-likeness (QED) is 0.206. The van der Waals surface area contributed by atoms with Gasteiger partial charge >= 0.3 is 0 Å². The van der Waals surface area contributed by atoms with E-state index in [1.807, 2.05) is 0 Å². The second-order valence-corrected chi connectivity index (χ2v) is 2.46. The van der Waals surface area contributed by atoms with E-state index >= 15 is 0 Å². The summed E-state index contributed by atoms with van der Waals surface area (Å²) in [6.45, 7) is 1.93. The van der Waals surface area contributed by atoms with Crippen molar-refractivity contribution in [2.75, 3.05) is 26.2 Å². The number of hydrogen-bond donors (Lipinski definition) is 6. The fourth-order valence-corrected chi connectivity index (χ4v) is 0.192. The van der Waals surface area contributed by atoms with Gasteiger partial charge in [0.05, 0.1) is 0 Å². The van der Waals surface area contributed by atoms with Crippen LogP contribution in [0, 0.1) is 0 Å². The van der Waals surface area contributed by atoms with E-state index in [9.17, 15) is 0 Å². The van der Waals surface area contributed by atoms with Crippen molar-refractivity contribution in [1.82, 2.24) is 0 Å². The van der Waals surface area contributed by atoms with Gasteiger partial charge < -0.3 is 34.4 Å². The normalized spacial score (nSPS) is 7.50. The first-order valence-electron chi connectivity index (χ1n) is 3.93. The summed E-state index contributed by atoms with van der Waals surface area (Å²) < 4.78 is 0. The molecule has 109 valence electrons. The predicted octanol–water partition coefficient (Wildman–Crippen LogP) is -1.69. The molecule has 0 spiro atoms. The summed E-state index contributed by atoms with van der Waals surface area (Å²) in [6.07, 6.45) is 0. The van der Waals surface area contributed by atoms with Gasteiger partial charge in [0.15, 0.2) is 0 Å². The molecule has 12 N–H and O–H groups in total. The van der Waals surface area contributed by atoms with E-state index in [4.69, 9.17) is 34.4 Å². The van der Waals surface area contributed by atoms with Gasteiger partial charge in [-0.2, -0.15) is 0 Å². The van der Waals surface area contributed by atoms with Crippen LogP contribution < -0.4 is 34.4 Å². The second-order valence-electron chi connectivity index (χ2n) is 2.46. The van der Waals surface area contributed by atoms with Crippen molar-refractivity contribution >= 4 is 71.9 Å². The molecule has 0 aliphatic rings. The molecule has 0 aromatic carbocycles. The Morgan fingerprint density at radius 2 is 0.688 bits per heavy atom. The van der Waals surface area contributed by atoms with E-state index in [1.54, 1.807) is 0 Å². The van der Waals surface area contributed by atoms with Crippen molar-refractivity contribution in [2.45, 2.75) is 12.1 Å². The van der Waals surface area contributed by atoms with Crippen LogP contribution in [0.1, 0.15) is 0 Å². The van der Waals surface area contributed by atoms with Crippen LogP contribution in [0.2, 0.25) is 0 Å². The van der Waals surface area contributed by atoms with Crippen LogP contribution in [0.5, 0.6) is 0 Å². The minimum atomic E-state index is -0.00926. The second kappa shape index (κ2) is 30.5. The van der Waals surface area contributed by atoms with E-state index in [0.29, 0.717) is 26.2 Å². The van der Waals surface area contributed by atoms with Crippen LogP contribution in [0.25, 0.3) is 0 Å². The molecule has 0 unspecified atom stereocenters. The van der Waals surface area contributed by atoms with Crippen LogP contribution >= 0.6 is 71.9 Å². The van der Waals surface area contributed by atoms with Gasteiger partial charge in [0.1, 0.15) is 0 Å². The molecule has 0 atom stereocenters. The van der Waals surface area contributed by atoms with Crippen LogP contribution in [-0.4, -0.2) is 38.3 Å². The molecule has 0 fully saturated rings. The minimum Gasteiger partial charge on any atom is -0.329 e. The van der Waals surface area contributed by atoms with Crippen LogP contribution in [0.15, 0.2) is 0 Å². The van der Waals surface area contributed by atoms with Crippen LogP contribution in [-0.2, 0) is 16.8 Å². The Balaban J connectivity index is -0.0000000250. The van der Waals surface area contributed by atoms with Gasteiger partial charge in [0.25, 0.3) is 0 Å². The predicted molar refractivity (Wildman–Crippen MR) is 98.4 cm³/mol. The van der Waals surface area contributed by atoms with Gasteiger partial charge in [-0.25, -0.2) is 0 Å². The number of rotatable bonds is 4. The Labute approximate surface area is 159 Å². The fourth-order valence-electron chi connectivity index (χ4n) is 0.192. The first-order valence-corrected chi connectivity index (χ1v) is 3.93. The van der Waals surface area contributed by atoms with E-state index in [2.05, 4.69) is 0 Å². The van der Waals surface area contributed by atoms with Crippen molar-refractivity contribution in [1.29, 1.82) is 0 Å². The first-order chi connectivity index (χ1) is 5.62. The molecule has 0 aromatic heterocycles. The standard InChI is InChI=1S/2C3H11N3.Co.3HI/c2*4-1-3(6)2-5;;;;/h2*3H,1-2,4-6H2;;3*1H. The Bertz CT molecular complexity index is 76.7. The van der Waals surface area contributed by atoms with Gasteiger partial charge in [0, 0.05) is 55.0 Å². The van der Waals surface area contributed by atoms with Crippen molar-refractivity contribution < 1.29 is 16.8 Å². The van der Waals surface area contributed by atoms with E-state index in [-0.39, 0.29) is 101 Å². The average molecular weight is 621 g/mol. The smallest absolute Gasteiger partial charge is 0.0287 e. The molecule has 0 aliphatic carbocycles. The molecule has 10 heteroatoms. The molecule has 6 nitrogen and oxygen atoms in total. The summed E-state index contributed by atoms with van der Waals surface area (Å²) in [6, 6.07) is -0.0185. The molecular formula is C6H25CoI3N6. The maximum absolute atomic E-state index is 5.22. The summed E-state index contributed by atoms with van der Waals surface area (Å²) in [5.41, 5.74) is 30.8. The summed E-state index contributed by atoms with van der Waals surface area (Å²) in [5, 5.41) is 0. The Morgan fingerprint density at radius 1 is 0.562 bits per heavy atom. The van der Waals surface area contributed by atoms with E-state index in [1.165, 1.54) is 0 Å². The minimum absolute atomic E-state index is 0. The Morgan fingerprint density at radius 3 is 0.688 bits per heavy atom. The van der Waals surface area contributed by atoms with Crippen molar-refractivity contribution in [3.05, 3.63) is 0 Å². The Kier molecular flexibility index (Phi) is 69.0. The van der Waals surface area contributed by atoms with Crippen molar-refractivity contribution in [3.63, 3.8) is 0 Å². The molecule has 0 saturated heterocycles. The summed E-state index contributed by atoms with van der Waals surface area (Å²) >= 11 is 0. The molecule has 0 rings (SSSR count). The number of hydrogen-bond acceptors (Lipinski definition) is 6. The zero-order chi connectivity index (χ0) is 9.98. The van der Waals surface area contributed by atoms with Crippen LogP contribution in [0.3, 0.4) is 0 Å². The molecule has 0 amide bonds. The molecule has 0 heterocycles. The SMILES string of the molecule is I.I.I.NCC(N)CN.NCC(N)CN.[Co]. The molecular weight excluding hydrogens is 596 g/mol.